The van der Waals surface area contributed by atoms with Crippen LogP contribution in [0.4, 0.5) is 0 Å². The van der Waals surface area contributed by atoms with E-state index < -0.39 is 0 Å². The van der Waals surface area contributed by atoms with Gasteiger partial charge in [0.15, 0.2) is 0 Å². The number of fused-ring (bicyclic) bond motifs is 1. The van der Waals surface area contributed by atoms with Gasteiger partial charge in [-0.1, -0.05) is 65.5 Å². The predicted octanol–water partition coefficient (Wildman–Crippen LogP) is 7.80. The third-order valence-electron chi connectivity index (χ3n) is 5.06. The molecule has 2 atom stereocenters. The Morgan fingerprint density at radius 2 is 1.80 bits per heavy atom. The van der Waals surface area contributed by atoms with Crippen LogP contribution in [0.2, 0.25) is 20.1 Å². The molecule has 0 N–H and O–H groups in total. The Morgan fingerprint density at radius 3 is 2.50 bits per heavy atom. The van der Waals surface area contributed by atoms with Crippen molar-refractivity contribution in [3.05, 3.63) is 73.2 Å². The lowest BCUT2D eigenvalue weighted by molar-refractivity contribution is 0.113. The molecule has 0 bridgehead atoms. The van der Waals surface area contributed by atoms with Crippen LogP contribution in [-0.4, -0.2) is 29.1 Å². The van der Waals surface area contributed by atoms with E-state index in [2.05, 4.69) is 17.4 Å². The van der Waals surface area contributed by atoms with Crippen molar-refractivity contribution in [1.82, 2.24) is 4.41 Å². The highest BCUT2D eigenvalue weighted by Crippen LogP contribution is 2.44. The SMILES string of the molecule is CCCSN1N=C2C(=Cc3ccc(Cl)c(Cl)c3)COCC2C1c1ccc(Cl)c(Cl)c1. The minimum absolute atomic E-state index is 0.0313. The Morgan fingerprint density at radius 1 is 1.07 bits per heavy atom. The van der Waals surface area contributed by atoms with E-state index >= 15 is 0 Å². The molecule has 0 aromatic heterocycles. The van der Waals surface area contributed by atoms with Crippen LogP contribution in [0, 0.1) is 5.92 Å². The van der Waals surface area contributed by atoms with Crippen LogP contribution < -0.4 is 0 Å². The van der Waals surface area contributed by atoms with E-state index in [0.717, 1.165) is 34.6 Å². The number of hydrogen-bond donors (Lipinski definition) is 0. The van der Waals surface area contributed by atoms with Crippen LogP contribution in [0.5, 0.6) is 0 Å². The van der Waals surface area contributed by atoms with Crippen molar-refractivity contribution in [1.29, 1.82) is 0 Å². The highest BCUT2D eigenvalue weighted by molar-refractivity contribution is 7.97. The lowest BCUT2D eigenvalue weighted by Gasteiger charge is -2.30. The van der Waals surface area contributed by atoms with E-state index in [1.165, 1.54) is 0 Å². The van der Waals surface area contributed by atoms with Gasteiger partial charge in [-0.2, -0.15) is 5.10 Å². The minimum Gasteiger partial charge on any atom is -0.376 e. The first kappa shape index (κ1) is 22.3. The normalized spacial score (nSPS) is 22.4. The Hall–Kier alpha value is -0.880. The van der Waals surface area contributed by atoms with Crippen LogP contribution in [-0.2, 0) is 4.74 Å². The zero-order valence-electron chi connectivity index (χ0n) is 16.2. The molecule has 8 heteroatoms. The first-order valence-corrected chi connectivity index (χ1v) is 12.1. The van der Waals surface area contributed by atoms with Gasteiger partial charge in [-0.15, -0.1) is 0 Å². The Kier molecular flexibility index (Phi) is 7.23. The monoisotopic (exact) mass is 500 g/mol. The molecule has 3 nitrogen and oxygen atoms in total. The van der Waals surface area contributed by atoms with Crippen LogP contribution in [0.1, 0.15) is 30.5 Å². The Balaban J connectivity index is 1.70. The molecule has 1 fully saturated rings. The molecule has 4 rings (SSSR count). The predicted molar refractivity (Wildman–Crippen MR) is 130 cm³/mol. The molecule has 0 amide bonds. The molecule has 2 aliphatic heterocycles. The molecule has 30 heavy (non-hydrogen) atoms. The molecule has 0 saturated carbocycles. The summed E-state index contributed by atoms with van der Waals surface area (Å²) in [6, 6.07) is 11.4. The van der Waals surface area contributed by atoms with Gasteiger partial charge in [0.25, 0.3) is 0 Å². The molecule has 1 saturated heterocycles. The van der Waals surface area contributed by atoms with Gasteiger partial charge < -0.3 is 4.74 Å². The van der Waals surface area contributed by atoms with Gasteiger partial charge in [0.2, 0.25) is 0 Å². The van der Waals surface area contributed by atoms with Crippen LogP contribution >= 0.6 is 58.4 Å². The van der Waals surface area contributed by atoms with Crippen molar-refractivity contribution in [3.63, 3.8) is 0 Å². The standard InChI is InChI=1S/C22H20Cl4N2OS/c1-2-7-30-28-22(14-4-6-18(24)20(26)10-14)16-12-29-11-15(21(16)27-28)8-13-3-5-17(23)19(25)9-13/h3-6,8-10,16,22H,2,7,11-12H2,1H3. The highest BCUT2D eigenvalue weighted by Gasteiger charge is 2.42. The second kappa shape index (κ2) is 9.72. The van der Waals surface area contributed by atoms with Gasteiger partial charge in [0, 0.05) is 11.3 Å². The summed E-state index contributed by atoms with van der Waals surface area (Å²) in [6.07, 6.45) is 3.14. The van der Waals surface area contributed by atoms with Crippen LogP contribution in [0.15, 0.2) is 47.1 Å². The maximum atomic E-state index is 6.32. The van der Waals surface area contributed by atoms with Crippen molar-refractivity contribution in [2.45, 2.75) is 19.4 Å². The van der Waals surface area contributed by atoms with Crippen molar-refractivity contribution >= 4 is 70.1 Å². The third kappa shape index (κ3) is 4.64. The van der Waals surface area contributed by atoms with Gasteiger partial charge in [0.05, 0.1) is 51.0 Å². The van der Waals surface area contributed by atoms with E-state index in [1.54, 1.807) is 18.0 Å². The van der Waals surface area contributed by atoms with Crippen molar-refractivity contribution in [2.75, 3.05) is 19.0 Å². The molecular formula is C22H20Cl4N2OS. The molecular weight excluding hydrogens is 482 g/mol. The van der Waals surface area contributed by atoms with Crippen molar-refractivity contribution in [2.24, 2.45) is 11.0 Å². The number of halogens is 4. The average molecular weight is 502 g/mol. The summed E-state index contributed by atoms with van der Waals surface area (Å²) < 4.78 is 8.08. The number of hydrazone groups is 1. The Bertz CT molecular complexity index is 1010. The van der Waals surface area contributed by atoms with Crippen LogP contribution in [0.25, 0.3) is 6.08 Å². The first-order valence-electron chi connectivity index (χ1n) is 9.67. The second-order valence-corrected chi connectivity index (χ2v) is 9.87. The summed E-state index contributed by atoms with van der Waals surface area (Å²) in [7, 11) is 0. The van der Waals surface area contributed by atoms with E-state index in [1.807, 2.05) is 30.3 Å². The summed E-state index contributed by atoms with van der Waals surface area (Å²) in [5.41, 5.74) is 4.15. The highest BCUT2D eigenvalue weighted by atomic mass is 35.5. The molecule has 2 heterocycles. The molecule has 0 radical (unpaired) electrons. The lowest BCUT2D eigenvalue weighted by Crippen LogP contribution is -2.32. The maximum Gasteiger partial charge on any atom is 0.0948 e. The largest absolute Gasteiger partial charge is 0.376 e. The summed E-state index contributed by atoms with van der Waals surface area (Å²) in [4.78, 5) is 0. The van der Waals surface area contributed by atoms with Gasteiger partial charge in [-0.3, -0.25) is 0 Å². The fraction of sp³-hybridized carbons (Fsp3) is 0.318. The maximum absolute atomic E-state index is 6.32. The summed E-state index contributed by atoms with van der Waals surface area (Å²) >= 11 is 26.5. The third-order valence-corrected chi connectivity index (χ3v) is 7.70. The fourth-order valence-corrected chi connectivity index (χ4v) is 5.22. The van der Waals surface area contributed by atoms with Crippen molar-refractivity contribution < 1.29 is 4.74 Å². The molecule has 2 aliphatic rings. The van der Waals surface area contributed by atoms with Gasteiger partial charge in [-0.25, -0.2) is 4.41 Å². The number of nitrogens with zero attached hydrogens (tertiary/aromatic N) is 2. The molecule has 2 aromatic rings. The topological polar surface area (TPSA) is 24.8 Å². The van der Waals surface area contributed by atoms with Crippen molar-refractivity contribution in [3.8, 4) is 0 Å². The van der Waals surface area contributed by atoms with Crippen LogP contribution in [0.3, 0.4) is 0 Å². The van der Waals surface area contributed by atoms with E-state index in [0.29, 0.717) is 33.3 Å². The average Bonchev–Trinajstić information content (AvgIpc) is 3.10. The Labute approximate surface area is 201 Å². The van der Waals surface area contributed by atoms with Gasteiger partial charge >= 0.3 is 0 Å². The number of rotatable bonds is 5. The van der Waals surface area contributed by atoms with E-state index in [9.17, 15) is 0 Å². The first-order chi connectivity index (χ1) is 14.5. The molecule has 158 valence electrons. The van der Waals surface area contributed by atoms with E-state index in [-0.39, 0.29) is 12.0 Å². The lowest BCUT2D eigenvalue weighted by atomic mass is 9.86. The zero-order chi connectivity index (χ0) is 21.3. The zero-order valence-corrected chi connectivity index (χ0v) is 20.1. The fourth-order valence-electron chi connectivity index (χ4n) is 3.66. The molecule has 2 unspecified atom stereocenters. The molecule has 0 spiro atoms. The summed E-state index contributed by atoms with van der Waals surface area (Å²) in [5, 5.41) is 7.17. The smallest absolute Gasteiger partial charge is 0.0948 e. The minimum atomic E-state index is 0.0313. The number of hydrogen-bond acceptors (Lipinski definition) is 4. The molecule has 2 aromatic carbocycles. The summed E-state index contributed by atoms with van der Waals surface area (Å²) in [5.74, 6) is 1.09. The number of benzene rings is 2. The van der Waals surface area contributed by atoms with E-state index in [4.69, 9.17) is 56.2 Å². The quantitative estimate of drug-likeness (QED) is 0.390. The van der Waals surface area contributed by atoms with Gasteiger partial charge in [-0.05, 0) is 59.8 Å². The molecule has 0 aliphatic carbocycles. The summed E-state index contributed by atoms with van der Waals surface area (Å²) in [6.45, 7) is 3.28. The second-order valence-electron chi connectivity index (χ2n) is 7.20. The number of ether oxygens (including phenoxy) is 1. The van der Waals surface area contributed by atoms with Gasteiger partial charge in [0.1, 0.15) is 0 Å².